The molecule has 0 spiro atoms. The highest BCUT2D eigenvalue weighted by atomic mass is 16.6. The van der Waals surface area contributed by atoms with Gasteiger partial charge in [0.1, 0.15) is 11.2 Å². The number of amides is 2. The third kappa shape index (κ3) is 5.60. The molecule has 1 aromatic rings. The number of nitrogens with zero attached hydrogens (tertiary/aromatic N) is 3. The maximum Gasteiger partial charge on any atom is 0.419 e. The summed E-state index contributed by atoms with van der Waals surface area (Å²) in [5.41, 5.74) is 1.45. The van der Waals surface area contributed by atoms with Crippen LogP contribution in [0, 0.1) is 5.92 Å². The summed E-state index contributed by atoms with van der Waals surface area (Å²) in [6.45, 7) is 11.1. The number of carbonyl (C=O) groups excluding carboxylic acids is 2. The Kier molecular flexibility index (Phi) is 5.59. The molecule has 7 heteroatoms. The van der Waals surface area contributed by atoms with Gasteiger partial charge in [0.15, 0.2) is 0 Å². The molecule has 4 rings (SSSR count). The zero-order valence-corrected chi connectivity index (χ0v) is 19.8. The number of carbonyl (C=O) groups is 2. The van der Waals surface area contributed by atoms with Gasteiger partial charge in [-0.25, -0.2) is 14.5 Å². The van der Waals surface area contributed by atoms with Crippen LogP contribution in [0.4, 0.5) is 9.59 Å². The summed E-state index contributed by atoms with van der Waals surface area (Å²) in [6.07, 6.45) is 7.91. The van der Waals surface area contributed by atoms with E-state index in [2.05, 4.69) is 10.9 Å². The zero-order valence-electron chi connectivity index (χ0n) is 19.8. The molecule has 7 nitrogen and oxygen atoms in total. The molecule has 3 aliphatic carbocycles. The number of rotatable bonds is 5. The molecule has 3 saturated carbocycles. The third-order valence-corrected chi connectivity index (χ3v) is 6.03. The standard InChI is InChI=1S/C24H37N3O4/c1-23(2,3)30-21(28)26(22(29)31-24(4,5)6)13-15-11-18(12-15)27-14-19(16-7-8-16)20(25-27)17-9-10-17/h14-18H,7-13H2,1-6H3/t15-,18-. The van der Waals surface area contributed by atoms with Crippen molar-refractivity contribution in [1.29, 1.82) is 0 Å². The second-order valence-corrected chi connectivity index (χ2v) is 11.6. The van der Waals surface area contributed by atoms with Gasteiger partial charge in [0.2, 0.25) is 0 Å². The van der Waals surface area contributed by atoms with E-state index in [1.165, 1.54) is 36.9 Å². The number of hydrogen-bond acceptors (Lipinski definition) is 5. The van der Waals surface area contributed by atoms with Crippen molar-refractivity contribution in [3.05, 3.63) is 17.5 Å². The molecule has 1 heterocycles. The average molecular weight is 432 g/mol. The Hall–Kier alpha value is -2.05. The molecule has 0 bridgehead atoms. The molecule has 3 fully saturated rings. The first kappa shape index (κ1) is 22.2. The normalized spacial score (nSPS) is 23.8. The van der Waals surface area contributed by atoms with E-state index in [1.54, 1.807) is 41.5 Å². The minimum absolute atomic E-state index is 0.225. The SMILES string of the molecule is CC(C)(C)OC(=O)N(C[C@H]1C[C@H](n2cc(C3CC3)c(C3CC3)n2)C1)C(=O)OC(C)(C)C. The fraction of sp³-hybridized carbons (Fsp3) is 0.792. The number of ether oxygens (including phenoxy) is 2. The van der Waals surface area contributed by atoms with Crippen molar-refractivity contribution in [3.63, 3.8) is 0 Å². The number of aromatic nitrogens is 2. The molecule has 0 unspecified atom stereocenters. The fourth-order valence-electron chi connectivity index (χ4n) is 4.17. The van der Waals surface area contributed by atoms with E-state index in [4.69, 9.17) is 14.6 Å². The molecular formula is C24H37N3O4. The lowest BCUT2D eigenvalue weighted by atomic mass is 9.80. The molecular weight excluding hydrogens is 394 g/mol. The van der Waals surface area contributed by atoms with Crippen LogP contribution in [-0.2, 0) is 9.47 Å². The lowest BCUT2D eigenvalue weighted by molar-refractivity contribution is -0.00641. The van der Waals surface area contributed by atoms with Crippen molar-refractivity contribution < 1.29 is 19.1 Å². The first-order chi connectivity index (χ1) is 14.4. The Balaban J connectivity index is 1.39. The molecule has 0 atom stereocenters. The van der Waals surface area contributed by atoms with Crippen molar-refractivity contribution in [2.24, 2.45) is 5.92 Å². The first-order valence-electron chi connectivity index (χ1n) is 11.7. The van der Waals surface area contributed by atoms with Crippen LogP contribution in [0.2, 0.25) is 0 Å². The van der Waals surface area contributed by atoms with Crippen LogP contribution in [0.5, 0.6) is 0 Å². The van der Waals surface area contributed by atoms with Gasteiger partial charge >= 0.3 is 12.2 Å². The third-order valence-electron chi connectivity index (χ3n) is 6.03. The summed E-state index contributed by atoms with van der Waals surface area (Å²) in [4.78, 5) is 26.6. The van der Waals surface area contributed by atoms with Crippen molar-refractivity contribution >= 4 is 12.2 Å². The molecule has 0 aliphatic heterocycles. The number of hydrogen-bond donors (Lipinski definition) is 0. The molecule has 0 aromatic carbocycles. The Morgan fingerprint density at radius 3 is 1.94 bits per heavy atom. The lowest BCUT2D eigenvalue weighted by Gasteiger charge is -2.38. The molecule has 3 aliphatic rings. The van der Waals surface area contributed by atoms with Crippen molar-refractivity contribution in [2.75, 3.05) is 6.54 Å². The van der Waals surface area contributed by atoms with E-state index in [0.717, 1.165) is 23.7 Å². The Morgan fingerprint density at radius 1 is 0.968 bits per heavy atom. The van der Waals surface area contributed by atoms with E-state index in [9.17, 15) is 9.59 Å². The Morgan fingerprint density at radius 2 is 1.48 bits per heavy atom. The van der Waals surface area contributed by atoms with Gasteiger partial charge in [-0.15, -0.1) is 0 Å². The maximum absolute atomic E-state index is 12.7. The average Bonchev–Trinajstić information content (AvgIpc) is 3.48. The largest absolute Gasteiger partial charge is 0.443 e. The van der Waals surface area contributed by atoms with Crippen LogP contribution in [0.15, 0.2) is 6.20 Å². The van der Waals surface area contributed by atoms with Gasteiger partial charge < -0.3 is 9.47 Å². The quantitative estimate of drug-likeness (QED) is 0.592. The van der Waals surface area contributed by atoms with Crippen LogP contribution in [0.3, 0.4) is 0 Å². The summed E-state index contributed by atoms with van der Waals surface area (Å²) in [7, 11) is 0. The smallest absolute Gasteiger partial charge is 0.419 e. The lowest BCUT2D eigenvalue weighted by Crippen LogP contribution is -2.47. The van der Waals surface area contributed by atoms with Crippen molar-refractivity contribution in [3.8, 4) is 0 Å². The highest BCUT2D eigenvalue weighted by Gasteiger charge is 2.40. The molecule has 1 aromatic heterocycles. The van der Waals surface area contributed by atoms with E-state index in [-0.39, 0.29) is 5.92 Å². The molecule has 0 N–H and O–H groups in total. The van der Waals surface area contributed by atoms with Gasteiger partial charge in [-0.3, -0.25) is 4.68 Å². The minimum Gasteiger partial charge on any atom is -0.443 e. The predicted molar refractivity (Wildman–Crippen MR) is 117 cm³/mol. The van der Waals surface area contributed by atoms with Crippen LogP contribution in [0.25, 0.3) is 0 Å². The monoisotopic (exact) mass is 431 g/mol. The second kappa shape index (κ2) is 7.82. The Labute approximate surface area is 185 Å². The minimum atomic E-state index is -0.674. The van der Waals surface area contributed by atoms with Crippen LogP contribution >= 0.6 is 0 Å². The predicted octanol–water partition coefficient (Wildman–Crippen LogP) is 5.76. The van der Waals surface area contributed by atoms with Crippen LogP contribution < -0.4 is 0 Å². The summed E-state index contributed by atoms with van der Waals surface area (Å²) < 4.78 is 13.1. The summed E-state index contributed by atoms with van der Waals surface area (Å²) >= 11 is 0. The molecule has 31 heavy (non-hydrogen) atoms. The van der Waals surface area contributed by atoms with Gasteiger partial charge in [0, 0.05) is 18.7 Å². The highest BCUT2D eigenvalue weighted by molar-refractivity contribution is 5.88. The zero-order chi connectivity index (χ0) is 22.6. The van der Waals surface area contributed by atoms with Gasteiger partial charge in [-0.05, 0) is 97.5 Å². The summed E-state index contributed by atoms with van der Waals surface area (Å²) in [5.74, 6) is 1.61. The second-order valence-electron chi connectivity index (χ2n) is 11.6. The van der Waals surface area contributed by atoms with Gasteiger partial charge in [-0.1, -0.05) is 0 Å². The molecule has 0 radical (unpaired) electrons. The molecule has 2 amide bonds. The van der Waals surface area contributed by atoms with Gasteiger partial charge in [0.25, 0.3) is 0 Å². The molecule has 0 saturated heterocycles. The topological polar surface area (TPSA) is 73.7 Å². The first-order valence-corrected chi connectivity index (χ1v) is 11.7. The maximum atomic E-state index is 12.7. The van der Waals surface area contributed by atoms with Crippen LogP contribution in [-0.4, -0.2) is 44.6 Å². The van der Waals surface area contributed by atoms with E-state index >= 15 is 0 Å². The fourth-order valence-corrected chi connectivity index (χ4v) is 4.17. The number of imide groups is 1. The molecule has 172 valence electrons. The van der Waals surface area contributed by atoms with E-state index in [0.29, 0.717) is 18.5 Å². The van der Waals surface area contributed by atoms with Crippen molar-refractivity contribution in [2.45, 2.75) is 109 Å². The van der Waals surface area contributed by atoms with Gasteiger partial charge in [-0.2, -0.15) is 5.10 Å². The van der Waals surface area contributed by atoms with Crippen molar-refractivity contribution in [1.82, 2.24) is 14.7 Å². The van der Waals surface area contributed by atoms with Gasteiger partial charge in [0.05, 0.1) is 11.7 Å². The Bertz CT molecular complexity index is 776. The van der Waals surface area contributed by atoms with E-state index in [1.807, 2.05) is 0 Å². The summed E-state index contributed by atoms with van der Waals surface area (Å²) in [5, 5.41) is 4.96. The van der Waals surface area contributed by atoms with Crippen LogP contribution in [0.1, 0.15) is 109 Å². The highest BCUT2D eigenvalue weighted by Crippen LogP contribution is 2.50. The summed E-state index contributed by atoms with van der Waals surface area (Å²) in [6, 6.07) is 0.342. The van der Waals surface area contributed by atoms with E-state index < -0.39 is 23.4 Å².